The molecule has 1 rings (SSSR count). The number of aliphatic imine (C=N–C) groups is 1. The van der Waals surface area contributed by atoms with E-state index in [0.717, 1.165) is 0 Å². The summed E-state index contributed by atoms with van der Waals surface area (Å²) in [5.74, 6) is 0. The number of aliphatic hydroxyl groups excluding tert-OH is 1. The second-order valence-electron chi connectivity index (χ2n) is 1.79. The van der Waals surface area contributed by atoms with Crippen molar-refractivity contribution < 1.29 is 44.1 Å². The molecule has 0 aromatic rings. The molecule has 0 spiro atoms. The summed E-state index contributed by atoms with van der Waals surface area (Å²) in [4.78, 5) is 3.87. The molecule has 0 saturated carbocycles. The van der Waals surface area contributed by atoms with E-state index in [0.29, 0.717) is 6.54 Å². The molecule has 1 aliphatic rings. The molecule has 1 heterocycles. The fourth-order valence-corrected chi connectivity index (χ4v) is 0.595. The minimum atomic E-state index is -0.147. The van der Waals surface area contributed by atoms with Crippen molar-refractivity contribution in [1.29, 1.82) is 0 Å². The van der Waals surface area contributed by atoms with E-state index in [1.165, 1.54) is 0 Å². The standard InChI is InChI=1S/C6H9N3O.2Zn/c10-4-3-7-5-6-8-1-2-9-6;;/h1-2,5-6,10H,3-4H2;;/q-2;;. The third kappa shape index (κ3) is 5.82. The van der Waals surface area contributed by atoms with E-state index in [1.807, 2.05) is 0 Å². The van der Waals surface area contributed by atoms with Crippen LogP contribution in [-0.4, -0.2) is 30.6 Å². The summed E-state index contributed by atoms with van der Waals surface area (Å²) >= 11 is 0. The molecule has 0 aromatic carbocycles. The predicted molar refractivity (Wildman–Crippen MR) is 40.1 cm³/mol. The zero-order chi connectivity index (χ0) is 7.23. The van der Waals surface area contributed by atoms with Gasteiger partial charge in [-0.2, -0.15) is 6.17 Å². The van der Waals surface area contributed by atoms with Crippen molar-refractivity contribution in [1.82, 2.24) is 0 Å². The first-order chi connectivity index (χ1) is 4.93. The number of nitrogens with zero attached hydrogens (tertiary/aromatic N) is 3. The van der Waals surface area contributed by atoms with Gasteiger partial charge in [-0.05, 0) is 6.21 Å². The Kier molecular flexibility index (Phi) is 11.4. The maximum Gasteiger partial charge on any atom is 0.0626 e. The summed E-state index contributed by atoms with van der Waals surface area (Å²) in [5.41, 5.74) is 0. The minimum Gasteiger partial charge on any atom is -0.700 e. The van der Waals surface area contributed by atoms with Gasteiger partial charge in [0.15, 0.2) is 0 Å². The first kappa shape index (κ1) is 14.7. The summed E-state index contributed by atoms with van der Waals surface area (Å²) < 4.78 is 0. The average molecular weight is 270 g/mol. The molecule has 0 aliphatic carbocycles. The summed E-state index contributed by atoms with van der Waals surface area (Å²) in [7, 11) is 0. The van der Waals surface area contributed by atoms with E-state index in [2.05, 4.69) is 15.6 Å². The molecule has 0 fully saturated rings. The molecule has 0 radical (unpaired) electrons. The summed E-state index contributed by atoms with van der Waals surface area (Å²) in [6.45, 7) is 0.512. The topological polar surface area (TPSA) is 60.8 Å². The monoisotopic (exact) mass is 267 g/mol. The quantitative estimate of drug-likeness (QED) is 0.592. The number of aliphatic hydroxyl groups is 1. The fraction of sp³-hybridized carbons (Fsp3) is 0.500. The smallest absolute Gasteiger partial charge is 0.0626 e. The van der Waals surface area contributed by atoms with Gasteiger partial charge in [-0.1, -0.05) is 0 Å². The molecule has 1 aliphatic heterocycles. The van der Waals surface area contributed by atoms with Crippen molar-refractivity contribution in [3.8, 4) is 0 Å². The van der Waals surface area contributed by atoms with Crippen LogP contribution >= 0.6 is 0 Å². The third-order valence-electron chi connectivity index (χ3n) is 1.01. The number of hydrogen-bond donors (Lipinski definition) is 1. The van der Waals surface area contributed by atoms with Crippen LogP contribution in [0, 0.1) is 0 Å². The number of rotatable bonds is 3. The van der Waals surface area contributed by atoms with Crippen molar-refractivity contribution in [3.63, 3.8) is 0 Å². The molecule has 0 amide bonds. The molecule has 0 saturated heterocycles. The zero-order valence-corrected chi connectivity index (χ0v) is 12.9. The van der Waals surface area contributed by atoms with Crippen LogP contribution < -0.4 is 0 Å². The molecule has 6 heteroatoms. The van der Waals surface area contributed by atoms with Gasteiger partial charge >= 0.3 is 0 Å². The predicted octanol–water partition coefficient (Wildman–Crippen LogP) is 0.603. The SMILES string of the molecule is OCCN=CC1[N-]C=C[N-]1.[Zn].[Zn]. The van der Waals surface area contributed by atoms with Crippen LogP contribution in [0.25, 0.3) is 10.6 Å². The Balaban J connectivity index is 0. The average Bonchev–Trinajstić information content (AvgIpc) is 2.41. The Morgan fingerprint density at radius 1 is 1.33 bits per heavy atom. The van der Waals surface area contributed by atoms with Gasteiger partial charge in [-0.25, -0.2) is 12.4 Å². The Morgan fingerprint density at radius 3 is 2.42 bits per heavy atom. The molecule has 0 unspecified atom stereocenters. The molecule has 60 valence electrons. The van der Waals surface area contributed by atoms with Crippen molar-refractivity contribution in [2.45, 2.75) is 6.17 Å². The summed E-state index contributed by atoms with van der Waals surface area (Å²) in [5, 5.41) is 16.2. The van der Waals surface area contributed by atoms with Crippen molar-refractivity contribution in [2.75, 3.05) is 13.2 Å². The maximum atomic E-state index is 8.35. The van der Waals surface area contributed by atoms with Gasteiger partial charge in [-0.15, -0.1) is 0 Å². The van der Waals surface area contributed by atoms with Crippen LogP contribution in [0.3, 0.4) is 0 Å². The molecule has 0 bridgehead atoms. The van der Waals surface area contributed by atoms with Gasteiger partial charge in [0, 0.05) is 39.0 Å². The van der Waals surface area contributed by atoms with Crippen LogP contribution in [0.1, 0.15) is 0 Å². The van der Waals surface area contributed by atoms with Crippen molar-refractivity contribution in [3.05, 3.63) is 23.0 Å². The van der Waals surface area contributed by atoms with Crippen LogP contribution in [0.2, 0.25) is 0 Å². The second-order valence-corrected chi connectivity index (χ2v) is 1.79. The summed E-state index contributed by atoms with van der Waals surface area (Å²) in [6, 6.07) is 0. The number of hydrogen-bond acceptors (Lipinski definition) is 2. The van der Waals surface area contributed by atoms with Crippen LogP contribution in [-0.2, 0) is 39.0 Å². The maximum absolute atomic E-state index is 8.35. The normalized spacial score (nSPS) is 14.8. The first-order valence-electron chi connectivity index (χ1n) is 3.09. The van der Waals surface area contributed by atoms with Gasteiger partial charge in [0.05, 0.1) is 13.2 Å². The first-order valence-corrected chi connectivity index (χ1v) is 3.09. The van der Waals surface area contributed by atoms with E-state index >= 15 is 0 Å². The molecular weight excluding hydrogens is 261 g/mol. The van der Waals surface area contributed by atoms with Gasteiger partial charge in [0.25, 0.3) is 0 Å². The van der Waals surface area contributed by atoms with E-state index in [9.17, 15) is 0 Å². The van der Waals surface area contributed by atoms with E-state index in [4.69, 9.17) is 5.11 Å². The fourth-order valence-electron chi connectivity index (χ4n) is 0.595. The molecule has 12 heavy (non-hydrogen) atoms. The van der Waals surface area contributed by atoms with Gasteiger partial charge in [0.1, 0.15) is 0 Å². The molecular formula is C6H9N3OZn2-2. The van der Waals surface area contributed by atoms with Crippen LogP contribution in [0.4, 0.5) is 0 Å². The van der Waals surface area contributed by atoms with Gasteiger partial charge in [0.2, 0.25) is 0 Å². The largest absolute Gasteiger partial charge is 0.700 e. The Labute approximate surface area is 97.4 Å². The second kappa shape index (κ2) is 9.31. The Hall–Kier alpha value is 0.217. The molecule has 1 N–H and O–H groups in total. The Bertz CT molecular complexity index is 144. The zero-order valence-electron chi connectivity index (χ0n) is 6.93. The van der Waals surface area contributed by atoms with Crippen LogP contribution in [0.5, 0.6) is 0 Å². The summed E-state index contributed by atoms with van der Waals surface area (Å²) in [6.07, 6.45) is 4.74. The van der Waals surface area contributed by atoms with E-state index in [1.54, 1.807) is 18.6 Å². The molecule has 0 aromatic heterocycles. The van der Waals surface area contributed by atoms with E-state index < -0.39 is 0 Å². The minimum absolute atomic E-state index is 0. The molecule has 4 nitrogen and oxygen atoms in total. The van der Waals surface area contributed by atoms with Gasteiger partial charge < -0.3 is 15.7 Å². The van der Waals surface area contributed by atoms with E-state index in [-0.39, 0.29) is 51.7 Å². The van der Waals surface area contributed by atoms with Crippen molar-refractivity contribution in [2.24, 2.45) is 4.99 Å². The van der Waals surface area contributed by atoms with Crippen molar-refractivity contribution >= 4 is 6.21 Å². The Morgan fingerprint density at radius 2 is 1.92 bits per heavy atom. The van der Waals surface area contributed by atoms with Gasteiger partial charge in [-0.3, -0.25) is 4.99 Å². The van der Waals surface area contributed by atoms with Crippen LogP contribution in [0.15, 0.2) is 17.4 Å². The molecule has 0 atom stereocenters. The third-order valence-corrected chi connectivity index (χ3v) is 1.01.